The van der Waals surface area contributed by atoms with E-state index < -0.39 is 0 Å². The largest absolute Gasteiger partial charge is 0.349 e. The van der Waals surface area contributed by atoms with Crippen molar-refractivity contribution in [3.05, 3.63) is 12.3 Å². The first-order valence-electron chi connectivity index (χ1n) is 2.37. The second-order valence-electron chi connectivity index (χ2n) is 1.27. The van der Waals surface area contributed by atoms with Crippen molar-refractivity contribution in [1.29, 1.82) is 0 Å². The Morgan fingerprint density at radius 1 is 1.71 bits per heavy atom. The molecular formula is C5H10O2. The summed E-state index contributed by atoms with van der Waals surface area (Å²) in [5, 5.41) is 7.71. The standard InChI is InChI=1S/C5H10O2/c1-2-3-4-5-7-6/h4-6H,2-3H2,1H3. The van der Waals surface area contributed by atoms with Crippen LogP contribution in [0.3, 0.4) is 0 Å². The van der Waals surface area contributed by atoms with Crippen molar-refractivity contribution >= 4 is 0 Å². The number of hydrogen-bond donors (Lipinski definition) is 1. The lowest BCUT2D eigenvalue weighted by molar-refractivity contribution is -0.186. The maximum absolute atomic E-state index is 7.71. The molecule has 0 amide bonds. The second-order valence-corrected chi connectivity index (χ2v) is 1.27. The molecule has 0 aliphatic rings. The average molecular weight is 102 g/mol. The molecule has 0 saturated heterocycles. The fraction of sp³-hybridized carbons (Fsp3) is 0.600. The van der Waals surface area contributed by atoms with Crippen LogP contribution in [0.1, 0.15) is 19.8 Å². The summed E-state index contributed by atoms with van der Waals surface area (Å²) >= 11 is 0. The summed E-state index contributed by atoms with van der Waals surface area (Å²) < 4.78 is 0. The van der Waals surface area contributed by atoms with Crippen molar-refractivity contribution in [2.45, 2.75) is 19.8 Å². The van der Waals surface area contributed by atoms with Gasteiger partial charge in [0.05, 0.1) is 0 Å². The van der Waals surface area contributed by atoms with Crippen molar-refractivity contribution in [3.63, 3.8) is 0 Å². The minimum absolute atomic E-state index is 0.959. The van der Waals surface area contributed by atoms with Gasteiger partial charge in [0.1, 0.15) is 6.26 Å². The Bertz CT molecular complexity index is 50.0. The zero-order valence-electron chi connectivity index (χ0n) is 4.42. The minimum atomic E-state index is 0.959. The maximum Gasteiger partial charge on any atom is 0.125 e. The van der Waals surface area contributed by atoms with Crippen LogP contribution in [0.4, 0.5) is 0 Å². The summed E-state index contributed by atoms with van der Waals surface area (Å²) in [7, 11) is 0. The topological polar surface area (TPSA) is 29.5 Å². The van der Waals surface area contributed by atoms with Gasteiger partial charge in [-0.3, -0.25) is 0 Å². The molecule has 0 saturated carbocycles. The number of rotatable bonds is 3. The van der Waals surface area contributed by atoms with Crippen molar-refractivity contribution in [1.82, 2.24) is 0 Å². The van der Waals surface area contributed by atoms with E-state index in [4.69, 9.17) is 5.26 Å². The van der Waals surface area contributed by atoms with Gasteiger partial charge in [-0.2, -0.15) is 0 Å². The van der Waals surface area contributed by atoms with E-state index in [9.17, 15) is 0 Å². The Balaban J connectivity index is 2.78. The van der Waals surface area contributed by atoms with E-state index in [1.54, 1.807) is 6.08 Å². The molecule has 42 valence electrons. The van der Waals surface area contributed by atoms with E-state index in [-0.39, 0.29) is 0 Å². The van der Waals surface area contributed by atoms with Crippen molar-refractivity contribution in [2.75, 3.05) is 0 Å². The first kappa shape index (κ1) is 6.50. The number of unbranched alkanes of at least 4 members (excludes halogenated alkanes) is 1. The Kier molecular flexibility index (Phi) is 5.11. The van der Waals surface area contributed by atoms with E-state index in [2.05, 4.69) is 11.8 Å². The van der Waals surface area contributed by atoms with Gasteiger partial charge in [0, 0.05) is 0 Å². The zero-order valence-corrected chi connectivity index (χ0v) is 4.42. The molecule has 2 nitrogen and oxygen atoms in total. The third-order valence-corrected chi connectivity index (χ3v) is 0.612. The van der Waals surface area contributed by atoms with Gasteiger partial charge in [-0.05, 0) is 12.5 Å². The Morgan fingerprint density at radius 2 is 2.43 bits per heavy atom. The van der Waals surface area contributed by atoms with Gasteiger partial charge < -0.3 is 4.89 Å². The van der Waals surface area contributed by atoms with Gasteiger partial charge in [0.25, 0.3) is 0 Å². The highest BCUT2D eigenvalue weighted by atomic mass is 17.1. The predicted octanol–water partition coefficient (Wildman–Crippen LogP) is 1.79. The van der Waals surface area contributed by atoms with Crippen LogP contribution in [0.5, 0.6) is 0 Å². The quantitative estimate of drug-likeness (QED) is 0.334. The van der Waals surface area contributed by atoms with Crippen LogP contribution in [0, 0.1) is 0 Å². The lowest BCUT2D eigenvalue weighted by Gasteiger charge is -1.81. The molecule has 7 heavy (non-hydrogen) atoms. The van der Waals surface area contributed by atoms with Crippen LogP contribution >= 0.6 is 0 Å². The van der Waals surface area contributed by atoms with Crippen molar-refractivity contribution in [2.24, 2.45) is 0 Å². The van der Waals surface area contributed by atoms with Gasteiger partial charge in [0.15, 0.2) is 0 Å². The van der Waals surface area contributed by atoms with Gasteiger partial charge in [0.2, 0.25) is 0 Å². The lowest BCUT2D eigenvalue weighted by atomic mass is 10.3. The SMILES string of the molecule is CCCC=COO. The molecule has 0 rings (SSSR count). The van der Waals surface area contributed by atoms with E-state index in [1.807, 2.05) is 0 Å². The molecule has 0 radical (unpaired) electrons. The number of allylic oxidation sites excluding steroid dienone is 1. The lowest BCUT2D eigenvalue weighted by Crippen LogP contribution is -1.65. The summed E-state index contributed by atoms with van der Waals surface area (Å²) in [4.78, 5) is 3.66. The highest BCUT2D eigenvalue weighted by Crippen LogP contribution is 1.86. The average Bonchev–Trinajstić information content (AvgIpc) is 1.69. The van der Waals surface area contributed by atoms with Crippen LogP contribution in [0.2, 0.25) is 0 Å². The Labute approximate surface area is 43.3 Å². The smallest absolute Gasteiger partial charge is 0.125 e. The molecule has 0 unspecified atom stereocenters. The summed E-state index contributed by atoms with van der Waals surface area (Å²) in [6.45, 7) is 2.06. The Morgan fingerprint density at radius 3 is 2.86 bits per heavy atom. The maximum atomic E-state index is 7.71. The molecule has 0 aromatic carbocycles. The third-order valence-electron chi connectivity index (χ3n) is 0.612. The monoisotopic (exact) mass is 102 g/mol. The first-order chi connectivity index (χ1) is 3.41. The van der Waals surface area contributed by atoms with Gasteiger partial charge in [-0.25, -0.2) is 5.26 Å². The molecule has 0 aliphatic heterocycles. The van der Waals surface area contributed by atoms with Crippen molar-refractivity contribution < 1.29 is 10.1 Å². The van der Waals surface area contributed by atoms with E-state index in [1.165, 1.54) is 6.26 Å². The molecule has 0 heterocycles. The van der Waals surface area contributed by atoms with Gasteiger partial charge in [-0.15, -0.1) is 0 Å². The highest BCUT2D eigenvalue weighted by Gasteiger charge is 1.69. The normalized spacial score (nSPS) is 10.0. The van der Waals surface area contributed by atoms with Gasteiger partial charge >= 0.3 is 0 Å². The molecule has 0 fully saturated rings. The molecule has 0 atom stereocenters. The molecule has 0 bridgehead atoms. The molecule has 0 spiro atoms. The Hall–Kier alpha value is -0.500. The third kappa shape index (κ3) is 5.50. The minimum Gasteiger partial charge on any atom is -0.349 e. The fourth-order valence-corrected chi connectivity index (χ4v) is 0.278. The molecule has 2 heteroatoms. The molecule has 0 aliphatic carbocycles. The summed E-state index contributed by atoms with van der Waals surface area (Å²) in [6, 6.07) is 0. The summed E-state index contributed by atoms with van der Waals surface area (Å²) in [5.74, 6) is 0. The molecule has 1 N–H and O–H groups in total. The highest BCUT2D eigenvalue weighted by molar-refractivity contribution is 4.70. The zero-order chi connectivity index (χ0) is 5.54. The predicted molar refractivity (Wildman–Crippen MR) is 27.8 cm³/mol. The fourth-order valence-electron chi connectivity index (χ4n) is 0.278. The molecule has 0 aromatic heterocycles. The van der Waals surface area contributed by atoms with Gasteiger partial charge in [-0.1, -0.05) is 13.3 Å². The van der Waals surface area contributed by atoms with Crippen LogP contribution in [-0.2, 0) is 4.89 Å². The second kappa shape index (κ2) is 5.50. The summed E-state index contributed by atoms with van der Waals surface area (Å²) in [6.07, 6.45) is 5.07. The summed E-state index contributed by atoms with van der Waals surface area (Å²) in [5.41, 5.74) is 0. The van der Waals surface area contributed by atoms with E-state index in [0.29, 0.717) is 0 Å². The molecular weight excluding hydrogens is 92.1 g/mol. The van der Waals surface area contributed by atoms with E-state index in [0.717, 1.165) is 12.8 Å². The van der Waals surface area contributed by atoms with Crippen LogP contribution in [-0.4, -0.2) is 5.26 Å². The van der Waals surface area contributed by atoms with Crippen LogP contribution < -0.4 is 0 Å². The van der Waals surface area contributed by atoms with Crippen LogP contribution in [0.15, 0.2) is 12.3 Å². The number of hydrogen-bond acceptors (Lipinski definition) is 2. The first-order valence-corrected chi connectivity index (χ1v) is 2.37. The van der Waals surface area contributed by atoms with Crippen molar-refractivity contribution in [3.8, 4) is 0 Å². The molecule has 0 aromatic rings. The van der Waals surface area contributed by atoms with Crippen LogP contribution in [0.25, 0.3) is 0 Å². The van der Waals surface area contributed by atoms with E-state index >= 15 is 0 Å².